The number of hydrogen-bond donors (Lipinski definition) is 2. The number of ether oxygens (including phenoxy) is 1. The van der Waals surface area contributed by atoms with Gasteiger partial charge in [-0.2, -0.15) is 0 Å². The summed E-state index contributed by atoms with van der Waals surface area (Å²) in [7, 11) is 1.72. The second kappa shape index (κ2) is 8.40. The van der Waals surface area contributed by atoms with Crippen LogP contribution < -0.4 is 10.1 Å². The predicted octanol–water partition coefficient (Wildman–Crippen LogP) is 3.55. The molecule has 3 nitrogen and oxygen atoms in total. The molecule has 0 bridgehead atoms. The molecule has 1 aromatic carbocycles. The number of aliphatic hydroxyl groups is 1. The molecule has 1 aromatic rings. The van der Waals surface area contributed by atoms with Gasteiger partial charge in [-0.05, 0) is 65.0 Å². The Morgan fingerprint density at radius 2 is 1.86 bits per heavy atom. The van der Waals surface area contributed by atoms with E-state index >= 15 is 0 Å². The second-order valence-electron chi connectivity index (χ2n) is 6.69. The molecular formula is C18H31NO2. The Bertz CT molecular complexity index is 412. The van der Waals surface area contributed by atoms with E-state index in [1.807, 2.05) is 26.0 Å². The van der Waals surface area contributed by atoms with E-state index in [1.165, 1.54) is 5.56 Å². The van der Waals surface area contributed by atoms with Crippen LogP contribution in [0.2, 0.25) is 0 Å². The zero-order chi connectivity index (χ0) is 15.9. The van der Waals surface area contributed by atoms with Gasteiger partial charge in [0.05, 0.1) is 12.7 Å². The van der Waals surface area contributed by atoms with Crippen LogP contribution in [0.1, 0.15) is 52.5 Å². The maximum absolute atomic E-state index is 9.73. The van der Waals surface area contributed by atoms with E-state index < -0.39 is 5.60 Å². The molecule has 0 fully saturated rings. The van der Waals surface area contributed by atoms with Gasteiger partial charge in [0.25, 0.3) is 0 Å². The molecule has 0 spiro atoms. The van der Waals surface area contributed by atoms with Crippen molar-refractivity contribution in [3.8, 4) is 5.75 Å². The second-order valence-corrected chi connectivity index (χ2v) is 6.69. The summed E-state index contributed by atoms with van der Waals surface area (Å²) in [6.07, 6.45) is 3.93. The lowest BCUT2D eigenvalue weighted by atomic mass is 9.99. The lowest BCUT2D eigenvalue weighted by Crippen LogP contribution is -2.36. The predicted molar refractivity (Wildman–Crippen MR) is 88.9 cm³/mol. The number of rotatable bonds is 9. The van der Waals surface area contributed by atoms with Crippen molar-refractivity contribution in [2.45, 2.75) is 71.1 Å². The number of para-hydroxylation sites is 1. The summed E-state index contributed by atoms with van der Waals surface area (Å²) in [5.74, 6) is 0.959. The molecule has 0 unspecified atom stereocenters. The highest BCUT2D eigenvalue weighted by Gasteiger charge is 2.14. The van der Waals surface area contributed by atoms with Crippen LogP contribution in [0.5, 0.6) is 5.75 Å². The fourth-order valence-corrected chi connectivity index (χ4v) is 2.67. The van der Waals surface area contributed by atoms with Crippen molar-refractivity contribution in [1.82, 2.24) is 5.32 Å². The Kier molecular flexibility index (Phi) is 7.20. The molecule has 0 saturated carbocycles. The van der Waals surface area contributed by atoms with Crippen molar-refractivity contribution >= 4 is 0 Å². The summed E-state index contributed by atoms with van der Waals surface area (Å²) in [5, 5.41) is 13.4. The quantitative estimate of drug-likeness (QED) is 0.731. The summed E-state index contributed by atoms with van der Waals surface area (Å²) >= 11 is 0. The van der Waals surface area contributed by atoms with Crippen molar-refractivity contribution in [2.75, 3.05) is 7.11 Å². The first kappa shape index (κ1) is 18.0. The average molecular weight is 293 g/mol. The van der Waals surface area contributed by atoms with Crippen LogP contribution in [0.3, 0.4) is 0 Å². The van der Waals surface area contributed by atoms with Crippen molar-refractivity contribution in [2.24, 2.45) is 0 Å². The summed E-state index contributed by atoms with van der Waals surface area (Å²) in [6.45, 7) is 8.16. The van der Waals surface area contributed by atoms with E-state index in [4.69, 9.17) is 4.74 Å². The van der Waals surface area contributed by atoms with E-state index in [1.54, 1.807) is 7.11 Å². The van der Waals surface area contributed by atoms with Gasteiger partial charge >= 0.3 is 0 Å². The fourth-order valence-electron chi connectivity index (χ4n) is 2.67. The maximum Gasteiger partial charge on any atom is 0.122 e. The van der Waals surface area contributed by atoms with Crippen LogP contribution in [0.15, 0.2) is 24.3 Å². The minimum absolute atomic E-state index is 0.401. The monoisotopic (exact) mass is 293 g/mol. The van der Waals surface area contributed by atoms with E-state index in [0.717, 1.165) is 31.4 Å². The first-order chi connectivity index (χ1) is 9.81. The fraction of sp³-hybridized carbons (Fsp3) is 0.667. The van der Waals surface area contributed by atoms with Crippen LogP contribution >= 0.6 is 0 Å². The molecule has 0 aliphatic heterocycles. The van der Waals surface area contributed by atoms with Gasteiger partial charge < -0.3 is 15.2 Å². The van der Waals surface area contributed by atoms with Gasteiger partial charge in [-0.1, -0.05) is 18.2 Å². The van der Waals surface area contributed by atoms with Crippen molar-refractivity contribution < 1.29 is 9.84 Å². The third-order valence-corrected chi connectivity index (χ3v) is 3.71. The van der Waals surface area contributed by atoms with E-state index in [2.05, 4.69) is 31.3 Å². The Morgan fingerprint density at radius 3 is 2.48 bits per heavy atom. The summed E-state index contributed by atoms with van der Waals surface area (Å²) in [6, 6.07) is 9.04. The van der Waals surface area contributed by atoms with Crippen LogP contribution in [-0.2, 0) is 6.42 Å². The van der Waals surface area contributed by atoms with Gasteiger partial charge in [-0.25, -0.2) is 0 Å². The Morgan fingerprint density at radius 1 is 1.19 bits per heavy atom. The average Bonchev–Trinajstić information content (AvgIpc) is 2.37. The van der Waals surface area contributed by atoms with Crippen molar-refractivity contribution in [3.05, 3.63) is 29.8 Å². The Hall–Kier alpha value is -1.06. The van der Waals surface area contributed by atoms with Gasteiger partial charge in [-0.15, -0.1) is 0 Å². The topological polar surface area (TPSA) is 41.5 Å². The first-order valence-corrected chi connectivity index (χ1v) is 7.92. The van der Waals surface area contributed by atoms with Crippen LogP contribution in [-0.4, -0.2) is 29.9 Å². The standard InChI is InChI=1S/C18H31NO2/c1-14(9-8-12-18(3,4)20)19-15(2)13-16-10-6-7-11-17(16)21-5/h6-7,10-11,14-15,19-20H,8-9,12-13H2,1-5H3/t14-,15-/m1/s1. The lowest BCUT2D eigenvalue weighted by Gasteiger charge is -2.22. The Balaban J connectivity index is 2.37. The first-order valence-electron chi connectivity index (χ1n) is 7.92. The van der Waals surface area contributed by atoms with E-state index in [-0.39, 0.29) is 0 Å². The summed E-state index contributed by atoms with van der Waals surface area (Å²) < 4.78 is 5.40. The number of benzene rings is 1. The largest absolute Gasteiger partial charge is 0.496 e. The molecule has 0 aliphatic rings. The highest BCUT2D eigenvalue weighted by atomic mass is 16.5. The minimum atomic E-state index is -0.553. The lowest BCUT2D eigenvalue weighted by molar-refractivity contribution is 0.0674. The van der Waals surface area contributed by atoms with Crippen molar-refractivity contribution in [1.29, 1.82) is 0 Å². The molecule has 0 aromatic heterocycles. The molecule has 21 heavy (non-hydrogen) atoms. The molecule has 1 rings (SSSR count). The van der Waals surface area contributed by atoms with Gasteiger partial charge in [-0.3, -0.25) is 0 Å². The molecule has 2 atom stereocenters. The molecule has 0 saturated heterocycles. The highest BCUT2D eigenvalue weighted by Crippen LogP contribution is 2.19. The minimum Gasteiger partial charge on any atom is -0.496 e. The van der Waals surface area contributed by atoms with Crippen LogP contribution in [0.25, 0.3) is 0 Å². The summed E-state index contributed by atoms with van der Waals surface area (Å²) in [4.78, 5) is 0. The molecule has 0 amide bonds. The number of methoxy groups -OCH3 is 1. The smallest absolute Gasteiger partial charge is 0.122 e. The summed E-state index contributed by atoms with van der Waals surface area (Å²) in [5.41, 5.74) is 0.687. The van der Waals surface area contributed by atoms with Gasteiger partial charge in [0.2, 0.25) is 0 Å². The molecule has 0 heterocycles. The molecule has 3 heteroatoms. The third kappa shape index (κ3) is 7.49. The van der Waals surface area contributed by atoms with Gasteiger partial charge in [0.1, 0.15) is 5.75 Å². The van der Waals surface area contributed by atoms with Crippen LogP contribution in [0, 0.1) is 0 Å². The third-order valence-electron chi connectivity index (χ3n) is 3.71. The van der Waals surface area contributed by atoms with Crippen molar-refractivity contribution in [3.63, 3.8) is 0 Å². The Labute approximate surface area is 129 Å². The molecule has 2 N–H and O–H groups in total. The molecule has 0 radical (unpaired) electrons. The molecule has 120 valence electrons. The molecular weight excluding hydrogens is 262 g/mol. The normalized spacial score (nSPS) is 14.8. The zero-order valence-corrected chi connectivity index (χ0v) is 14.1. The van der Waals surface area contributed by atoms with E-state index in [0.29, 0.717) is 12.1 Å². The van der Waals surface area contributed by atoms with Crippen LogP contribution in [0.4, 0.5) is 0 Å². The number of nitrogens with one attached hydrogen (secondary N) is 1. The van der Waals surface area contributed by atoms with Gasteiger partial charge in [0.15, 0.2) is 0 Å². The molecule has 0 aliphatic carbocycles. The zero-order valence-electron chi connectivity index (χ0n) is 14.1. The van der Waals surface area contributed by atoms with E-state index in [9.17, 15) is 5.11 Å². The number of hydrogen-bond acceptors (Lipinski definition) is 3. The van der Waals surface area contributed by atoms with Gasteiger partial charge in [0, 0.05) is 12.1 Å². The maximum atomic E-state index is 9.73. The SMILES string of the molecule is COc1ccccc1C[C@@H](C)N[C@H](C)CCCC(C)(C)O. The highest BCUT2D eigenvalue weighted by molar-refractivity contribution is 5.33.